The molecule has 3 aromatic rings. The summed E-state index contributed by atoms with van der Waals surface area (Å²) in [5, 5.41) is 3.61. The predicted molar refractivity (Wildman–Crippen MR) is 97.8 cm³/mol. The summed E-state index contributed by atoms with van der Waals surface area (Å²) in [4.78, 5) is 5.04. The number of aryl methyl sites for hydroxylation is 4. The molecule has 0 aliphatic heterocycles. The summed E-state index contributed by atoms with van der Waals surface area (Å²) >= 11 is 1.83. The van der Waals surface area contributed by atoms with Gasteiger partial charge in [0.1, 0.15) is 0 Å². The quantitative estimate of drug-likeness (QED) is 0.632. The van der Waals surface area contributed by atoms with Crippen LogP contribution in [0.5, 0.6) is 0 Å². The molecule has 2 heterocycles. The monoisotopic (exact) mass is 312 g/mol. The summed E-state index contributed by atoms with van der Waals surface area (Å²) in [5.74, 6) is 0. The van der Waals surface area contributed by atoms with Crippen molar-refractivity contribution in [3.63, 3.8) is 0 Å². The molecule has 3 heteroatoms. The maximum absolute atomic E-state index is 5.68. The first kappa shape index (κ1) is 15.3. The third-order valence-corrected chi connectivity index (χ3v) is 5.28. The smallest absolute Gasteiger partial charge is 0.0598 e. The van der Waals surface area contributed by atoms with Crippen molar-refractivity contribution in [1.82, 2.24) is 4.98 Å². The zero-order chi connectivity index (χ0) is 15.7. The number of fused-ring (bicyclic) bond motifs is 1. The van der Waals surface area contributed by atoms with Gasteiger partial charge in [0.15, 0.2) is 0 Å². The van der Waals surface area contributed by atoms with E-state index in [0.29, 0.717) is 0 Å². The molecule has 0 atom stereocenters. The molecule has 0 amide bonds. The Morgan fingerprint density at radius 2 is 1.86 bits per heavy atom. The van der Waals surface area contributed by atoms with E-state index >= 15 is 0 Å². The predicted octanol–water partition coefficient (Wildman–Crippen LogP) is 5.10. The topological polar surface area (TPSA) is 41.8 Å². The van der Waals surface area contributed by atoms with E-state index in [0.717, 1.165) is 25.8 Å². The van der Waals surface area contributed by atoms with Crippen molar-refractivity contribution in [2.45, 2.75) is 40.0 Å². The number of aromatic amines is 1. The van der Waals surface area contributed by atoms with Crippen molar-refractivity contribution in [3.05, 3.63) is 45.8 Å². The van der Waals surface area contributed by atoms with Crippen molar-refractivity contribution in [2.75, 3.05) is 6.54 Å². The fourth-order valence-corrected chi connectivity index (χ4v) is 4.11. The Labute approximate surface area is 136 Å². The number of rotatable bonds is 5. The van der Waals surface area contributed by atoms with Gasteiger partial charge in [-0.3, -0.25) is 0 Å². The van der Waals surface area contributed by atoms with Crippen molar-refractivity contribution in [3.8, 4) is 10.6 Å². The molecule has 116 valence electrons. The van der Waals surface area contributed by atoms with E-state index in [4.69, 9.17) is 5.73 Å². The van der Waals surface area contributed by atoms with Gasteiger partial charge < -0.3 is 10.7 Å². The van der Waals surface area contributed by atoms with Gasteiger partial charge in [0.25, 0.3) is 0 Å². The fraction of sp³-hybridized carbons (Fsp3) is 0.368. The fourth-order valence-electron chi connectivity index (χ4n) is 3.19. The second kappa shape index (κ2) is 6.27. The highest BCUT2D eigenvalue weighted by atomic mass is 32.1. The highest BCUT2D eigenvalue weighted by Crippen LogP contribution is 2.36. The normalized spacial score (nSPS) is 11.5. The summed E-state index contributed by atoms with van der Waals surface area (Å²) in [6, 6.07) is 6.86. The van der Waals surface area contributed by atoms with Crippen molar-refractivity contribution < 1.29 is 0 Å². The van der Waals surface area contributed by atoms with Crippen LogP contribution in [-0.2, 0) is 6.42 Å². The van der Waals surface area contributed by atoms with Crippen LogP contribution in [0.1, 0.15) is 35.1 Å². The third-order valence-electron chi connectivity index (χ3n) is 4.21. The summed E-state index contributed by atoms with van der Waals surface area (Å²) in [7, 11) is 0. The van der Waals surface area contributed by atoms with Gasteiger partial charge in [0, 0.05) is 10.9 Å². The number of benzene rings is 1. The SMILES string of the molecule is Cc1csc(-c2[nH]c3c(C)cc(C)cc3c2CCCCN)c1. The maximum atomic E-state index is 5.68. The molecule has 0 radical (unpaired) electrons. The van der Waals surface area contributed by atoms with Gasteiger partial charge in [-0.05, 0) is 80.8 Å². The molecule has 0 spiro atoms. The maximum Gasteiger partial charge on any atom is 0.0598 e. The van der Waals surface area contributed by atoms with Gasteiger partial charge in [0.2, 0.25) is 0 Å². The van der Waals surface area contributed by atoms with Crippen molar-refractivity contribution in [1.29, 1.82) is 0 Å². The van der Waals surface area contributed by atoms with Crippen LogP contribution in [0, 0.1) is 20.8 Å². The number of aromatic nitrogens is 1. The Morgan fingerprint density at radius 3 is 2.55 bits per heavy atom. The highest BCUT2D eigenvalue weighted by Gasteiger charge is 2.15. The zero-order valence-corrected chi connectivity index (χ0v) is 14.4. The minimum absolute atomic E-state index is 0.772. The average Bonchev–Trinajstić information content (AvgIpc) is 3.04. The number of thiophene rings is 1. The molecule has 0 fully saturated rings. The number of hydrogen-bond donors (Lipinski definition) is 2. The lowest BCUT2D eigenvalue weighted by Crippen LogP contribution is -1.99. The molecule has 2 nitrogen and oxygen atoms in total. The molecular weight excluding hydrogens is 288 g/mol. The lowest BCUT2D eigenvalue weighted by molar-refractivity contribution is 0.748. The average molecular weight is 312 g/mol. The van der Waals surface area contributed by atoms with Crippen LogP contribution in [-0.4, -0.2) is 11.5 Å². The summed E-state index contributed by atoms with van der Waals surface area (Å²) in [5.41, 5.74) is 13.7. The first-order chi connectivity index (χ1) is 10.6. The molecule has 0 unspecified atom stereocenters. The van der Waals surface area contributed by atoms with E-state index in [2.05, 4.69) is 49.3 Å². The number of nitrogens with two attached hydrogens (primary N) is 1. The molecule has 0 aliphatic rings. The molecule has 0 aliphatic carbocycles. The van der Waals surface area contributed by atoms with Crippen LogP contribution in [0.2, 0.25) is 0 Å². The Bertz CT molecular complexity index is 795. The number of unbranched alkanes of at least 4 members (excludes halogenated alkanes) is 1. The van der Waals surface area contributed by atoms with Crippen LogP contribution >= 0.6 is 11.3 Å². The minimum Gasteiger partial charge on any atom is -0.353 e. The van der Waals surface area contributed by atoms with Crippen LogP contribution in [0.3, 0.4) is 0 Å². The standard InChI is InChI=1S/C19H24N2S/c1-12-8-14(3)18-16(9-12)15(6-4-5-7-20)19(21-18)17-10-13(2)11-22-17/h8-11,21H,4-7,20H2,1-3H3. The second-order valence-corrected chi connectivity index (χ2v) is 7.13. The van der Waals surface area contributed by atoms with Crippen molar-refractivity contribution in [2.24, 2.45) is 5.73 Å². The Kier molecular flexibility index (Phi) is 4.37. The van der Waals surface area contributed by atoms with E-state index < -0.39 is 0 Å². The van der Waals surface area contributed by atoms with Gasteiger partial charge in [-0.2, -0.15) is 0 Å². The molecule has 2 aromatic heterocycles. The van der Waals surface area contributed by atoms with Crippen LogP contribution < -0.4 is 5.73 Å². The third kappa shape index (κ3) is 2.83. The summed E-state index contributed by atoms with van der Waals surface area (Å²) in [6.45, 7) is 7.30. The first-order valence-corrected chi connectivity index (χ1v) is 8.85. The lowest BCUT2D eigenvalue weighted by Gasteiger charge is -2.04. The van der Waals surface area contributed by atoms with E-state index in [1.165, 1.54) is 43.7 Å². The molecule has 0 bridgehead atoms. The van der Waals surface area contributed by atoms with Gasteiger partial charge in [-0.25, -0.2) is 0 Å². The second-order valence-electron chi connectivity index (χ2n) is 6.22. The molecule has 22 heavy (non-hydrogen) atoms. The van der Waals surface area contributed by atoms with E-state index in [9.17, 15) is 0 Å². The van der Waals surface area contributed by atoms with Gasteiger partial charge >= 0.3 is 0 Å². The van der Waals surface area contributed by atoms with Crippen LogP contribution in [0.4, 0.5) is 0 Å². The molecule has 3 N–H and O–H groups in total. The van der Waals surface area contributed by atoms with Gasteiger partial charge in [0.05, 0.1) is 10.6 Å². The molecule has 1 aromatic carbocycles. The van der Waals surface area contributed by atoms with E-state index in [1.807, 2.05) is 11.3 Å². The van der Waals surface area contributed by atoms with Gasteiger partial charge in [-0.1, -0.05) is 11.6 Å². The van der Waals surface area contributed by atoms with Gasteiger partial charge in [-0.15, -0.1) is 11.3 Å². The summed E-state index contributed by atoms with van der Waals surface area (Å²) in [6.07, 6.45) is 3.32. The number of H-pyrrole nitrogens is 1. The van der Waals surface area contributed by atoms with Crippen LogP contribution in [0.15, 0.2) is 23.6 Å². The Hall–Kier alpha value is -1.58. The van der Waals surface area contributed by atoms with Crippen molar-refractivity contribution >= 4 is 22.2 Å². The molecule has 0 saturated heterocycles. The lowest BCUT2D eigenvalue weighted by atomic mass is 10.0. The first-order valence-electron chi connectivity index (χ1n) is 7.97. The molecule has 3 rings (SSSR count). The largest absolute Gasteiger partial charge is 0.353 e. The Balaban J connectivity index is 2.16. The van der Waals surface area contributed by atoms with Crippen LogP contribution in [0.25, 0.3) is 21.5 Å². The van der Waals surface area contributed by atoms with E-state index in [1.54, 1.807) is 0 Å². The summed E-state index contributed by atoms with van der Waals surface area (Å²) < 4.78 is 0. The molecular formula is C19H24N2S. The number of hydrogen-bond acceptors (Lipinski definition) is 2. The minimum atomic E-state index is 0.772. The van der Waals surface area contributed by atoms with E-state index in [-0.39, 0.29) is 0 Å². The Morgan fingerprint density at radius 1 is 1.05 bits per heavy atom. The highest BCUT2D eigenvalue weighted by molar-refractivity contribution is 7.13. The molecule has 0 saturated carbocycles. The zero-order valence-electron chi connectivity index (χ0n) is 13.6. The number of nitrogens with one attached hydrogen (secondary N) is 1.